The summed E-state index contributed by atoms with van der Waals surface area (Å²) in [5.74, 6) is -0.653. The minimum atomic E-state index is -0.653. The van der Waals surface area contributed by atoms with Crippen LogP contribution in [-0.2, 0) is 9.53 Å². The van der Waals surface area contributed by atoms with Crippen molar-refractivity contribution in [1.82, 2.24) is 9.80 Å². The number of aliphatic carboxylic acids is 1. The molecule has 1 spiro atoms. The molecule has 5 nitrogen and oxygen atoms in total. The van der Waals surface area contributed by atoms with Gasteiger partial charge in [0.25, 0.3) is 0 Å². The summed E-state index contributed by atoms with van der Waals surface area (Å²) in [6, 6.07) is 0. The summed E-state index contributed by atoms with van der Waals surface area (Å²) in [4.78, 5) is 16.2. The van der Waals surface area contributed by atoms with Crippen LogP contribution < -0.4 is 0 Å². The number of hydrogen-bond donors (Lipinski definition) is 1. The third-order valence-corrected chi connectivity index (χ3v) is 6.17. The molecule has 5 heteroatoms. The highest BCUT2D eigenvalue weighted by atomic mass is 16.5. The van der Waals surface area contributed by atoms with Crippen LogP contribution in [0.15, 0.2) is 12.7 Å². The summed E-state index contributed by atoms with van der Waals surface area (Å²) >= 11 is 0. The van der Waals surface area contributed by atoms with Crippen molar-refractivity contribution in [2.75, 3.05) is 45.9 Å². The van der Waals surface area contributed by atoms with E-state index in [9.17, 15) is 9.90 Å². The quantitative estimate of drug-likeness (QED) is 0.785. The van der Waals surface area contributed by atoms with Gasteiger partial charge in [0, 0.05) is 30.6 Å². The molecule has 0 amide bonds. The molecule has 1 N–H and O–H groups in total. The van der Waals surface area contributed by atoms with Crippen molar-refractivity contribution < 1.29 is 14.6 Å². The first-order valence-corrected chi connectivity index (χ1v) is 8.95. The minimum absolute atomic E-state index is 0.0557. The SMILES string of the molecule is C=CCN1CCOCC2(CCN(C3(CC(=O)O)CCC3)CC2)C1. The van der Waals surface area contributed by atoms with Crippen molar-refractivity contribution in [3.8, 4) is 0 Å². The Kier molecular flexibility index (Phi) is 5.09. The number of carboxylic acid groups (broad SMARTS) is 1. The van der Waals surface area contributed by atoms with Crippen molar-refractivity contribution >= 4 is 5.97 Å². The van der Waals surface area contributed by atoms with E-state index in [-0.39, 0.29) is 11.0 Å². The molecule has 2 aliphatic heterocycles. The van der Waals surface area contributed by atoms with Gasteiger partial charge >= 0.3 is 5.97 Å². The molecule has 1 aliphatic carbocycles. The molecule has 3 aliphatic rings. The Bertz CT molecular complexity index is 440. The number of piperidine rings is 1. The second-order valence-corrected chi connectivity index (χ2v) is 7.71. The smallest absolute Gasteiger partial charge is 0.305 e. The summed E-state index contributed by atoms with van der Waals surface area (Å²) in [7, 11) is 0. The summed E-state index contributed by atoms with van der Waals surface area (Å²) in [5, 5.41) is 9.26. The molecule has 2 saturated heterocycles. The lowest BCUT2D eigenvalue weighted by atomic mass is 9.70. The summed E-state index contributed by atoms with van der Waals surface area (Å²) in [5.41, 5.74) is 0.185. The van der Waals surface area contributed by atoms with Crippen molar-refractivity contribution in [2.24, 2.45) is 5.41 Å². The zero-order valence-electron chi connectivity index (χ0n) is 14.1. The summed E-state index contributed by atoms with van der Waals surface area (Å²) in [6.07, 6.45) is 7.77. The third-order valence-electron chi connectivity index (χ3n) is 6.17. The normalized spacial score (nSPS) is 28.0. The number of rotatable bonds is 5. The Hall–Kier alpha value is -0.910. The van der Waals surface area contributed by atoms with Crippen LogP contribution in [0.3, 0.4) is 0 Å². The molecular formula is C18H30N2O3. The van der Waals surface area contributed by atoms with Crippen LogP contribution in [0.2, 0.25) is 0 Å². The first-order chi connectivity index (χ1) is 11.1. The second-order valence-electron chi connectivity index (χ2n) is 7.71. The fourth-order valence-corrected chi connectivity index (χ4v) is 4.65. The Morgan fingerprint density at radius 3 is 2.52 bits per heavy atom. The molecule has 130 valence electrons. The van der Waals surface area contributed by atoms with Crippen LogP contribution in [0.5, 0.6) is 0 Å². The van der Waals surface area contributed by atoms with Crippen molar-refractivity contribution in [1.29, 1.82) is 0 Å². The van der Waals surface area contributed by atoms with Gasteiger partial charge in [-0.25, -0.2) is 0 Å². The topological polar surface area (TPSA) is 53.0 Å². The Morgan fingerprint density at radius 1 is 1.22 bits per heavy atom. The first-order valence-electron chi connectivity index (χ1n) is 8.95. The Labute approximate surface area is 139 Å². The zero-order valence-corrected chi connectivity index (χ0v) is 14.1. The number of hydrogen-bond acceptors (Lipinski definition) is 4. The molecule has 0 atom stereocenters. The van der Waals surface area contributed by atoms with Crippen LogP contribution in [-0.4, -0.2) is 72.4 Å². The number of likely N-dealkylation sites (tertiary alicyclic amines) is 1. The van der Waals surface area contributed by atoms with Gasteiger partial charge in [0.2, 0.25) is 0 Å². The number of carbonyl (C=O) groups is 1. The third kappa shape index (κ3) is 3.62. The van der Waals surface area contributed by atoms with Crippen molar-refractivity contribution in [3.05, 3.63) is 12.7 Å². The van der Waals surface area contributed by atoms with Gasteiger partial charge in [-0.3, -0.25) is 14.6 Å². The second kappa shape index (κ2) is 6.91. The van der Waals surface area contributed by atoms with E-state index in [2.05, 4.69) is 16.4 Å². The average Bonchev–Trinajstić information content (AvgIpc) is 2.67. The summed E-state index contributed by atoms with van der Waals surface area (Å²) in [6.45, 7) is 10.5. The van der Waals surface area contributed by atoms with E-state index in [1.54, 1.807) is 0 Å². The van der Waals surface area contributed by atoms with E-state index in [1.165, 1.54) is 6.42 Å². The molecule has 1 saturated carbocycles. The Balaban J connectivity index is 1.62. The fourth-order valence-electron chi connectivity index (χ4n) is 4.65. The zero-order chi connectivity index (χ0) is 16.3. The molecule has 23 heavy (non-hydrogen) atoms. The maximum Gasteiger partial charge on any atom is 0.305 e. The minimum Gasteiger partial charge on any atom is -0.481 e. The van der Waals surface area contributed by atoms with Crippen molar-refractivity contribution in [3.63, 3.8) is 0 Å². The monoisotopic (exact) mass is 322 g/mol. The lowest BCUT2D eigenvalue weighted by molar-refractivity contribution is -0.144. The highest BCUT2D eigenvalue weighted by molar-refractivity contribution is 5.68. The molecule has 3 fully saturated rings. The van der Waals surface area contributed by atoms with Gasteiger partial charge in [-0.05, 0) is 45.2 Å². The number of nitrogens with zero attached hydrogens (tertiary/aromatic N) is 2. The maximum absolute atomic E-state index is 11.2. The predicted molar refractivity (Wildman–Crippen MR) is 89.5 cm³/mol. The molecule has 0 unspecified atom stereocenters. The average molecular weight is 322 g/mol. The van der Waals surface area contributed by atoms with E-state index in [4.69, 9.17) is 4.74 Å². The van der Waals surface area contributed by atoms with Crippen LogP contribution >= 0.6 is 0 Å². The van der Waals surface area contributed by atoms with E-state index < -0.39 is 5.97 Å². The van der Waals surface area contributed by atoms with E-state index in [0.29, 0.717) is 6.42 Å². The van der Waals surface area contributed by atoms with E-state index >= 15 is 0 Å². The van der Waals surface area contributed by atoms with Crippen LogP contribution in [0.4, 0.5) is 0 Å². The molecule has 0 aromatic heterocycles. The maximum atomic E-state index is 11.2. The van der Waals surface area contributed by atoms with Gasteiger partial charge in [0.15, 0.2) is 0 Å². The first kappa shape index (κ1) is 16.9. The van der Waals surface area contributed by atoms with Crippen LogP contribution in [0.1, 0.15) is 38.5 Å². The van der Waals surface area contributed by atoms with E-state index in [1.807, 2.05) is 6.08 Å². The Morgan fingerprint density at radius 2 is 1.96 bits per heavy atom. The predicted octanol–water partition coefficient (Wildman–Crippen LogP) is 1.98. The van der Waals surface area contributed by atoms with Gasteiger partial charge in [0.05, 0.1) is 19.6 Å². The molecule has 0 radical (unpaired) electrons. The molecule has 0 aromatic carbocycles. The molecule has 0 aromatic rings. The standard InChI is InChI=1S/C18H30N2O3/c1-2-8-19-11-12-23-15-17(14-19)6-9-20(10-7-17)18(4-3-5-18)13-16(21)22/h2H,1,3-15H2,(H,21,22). The molecule has 0 bridgehead atoms. The highest BCUT2D eigenvalue weighted by Crippen LogP contribution is 2.45. The fraction of sp³-hybridized carbons (Fsp3) is 0.833. The largest absolute Gasteiger partial charge is 0.481 e. The van der Waals surface area contributed by atoms with Crippen LogP contribution in [0.25, 0.3) is 0 Å². The number of carboxylic acids is 1. The molecule has 3 rings (SSSR count). The van der Waals surface area contributed by atoms with Crippen LogP contribution in [0, 0.1) is 5.41 Å². The van der Waals surface area contributed by atoms with Gasteiger partial charge in [-0.2, -0.15) is 0 Å². The summed E-state index contributed by atoms with van der Waals surface area (Å²) < 4.78 is 5.90. The molecular weight excluding hydrogens is 292 g/mol. The van der Waals surface area contributed by atoms with Gasteiger partial charge < -0.3 is 9.84 Å². The van der Waals surface area contributed by atoms with Crippen molar-refractivity contribution in [2.45, 2.75) is 44.1 Å². The highest BCUT2D eigenvalue weighted by Gasteiger charge is 2.47. The lowest BCUT2D eigenvalue weighted by Gasteiger charge is -2.54. The lowest BCUT2D eigenvalue weighted by Crippen LogP contribution is -2.59. The molecule has 2 heterocycles. The number of ether oxygens (including phenoxy) is 1. The van der Waals surface area contributed by atoms with Gasteiger partial charge in [-0.15, -0.1) is 6.58 Å². The van der Waals surface area contributed by atoms with Gasteiger partial charge in [0.1, 0.15) is 0 Å². The van der Waals surface area contributed by atoms with E-state index in [0.717, 1.165) is 71.6 Å². The van der Waals surface area contributed by atoms with Gasteiger partial charge in [-0.1, -0.05) is 6.08 Å².